The number of rotatable bonds is 5. The van der Waals surface area contributed by atoms with E-state index in [0.29, 0.717) is 47.0 Å². The van der Waals surface area contributed by atoms with E-state index in [1.807, 2.05) is 62.4 Å². The zero-order chi connectivity index (χ0) is 23.8. The lowest BCUT2D eigenvalue weighted by Gasteiger charge is -2.21. The quantitative estimate of drug-likeness (QED) is 0.493. The lowest BCUT2D eigenvalue weighted by molar-refractivity contribution is -0.122. The standard InChI is InChI=1S/C25H25N5O4/c1-15(18-9-10-20-21(13-18)34-12-11-33-20)26-22(31)14-29-25(32)23-17(3)30(19-7-5-4-6-8-19)28-24(23)16(2)27-29/h4-10,13,15H,11-12,14H2,1-3H3,(H,26,31)/t15-/m0/s1. The van der Waals surface area contributed by atoms with Crippen molar-refractivity contribution in [2.24, 2.45) is 0 Å². The van der Waals surface area contributed by atoms with Crippen LogP contribution in [0.25, 0.3) is 16.6 Å². The molecule has 1 N–H and O–H groups in total. The first kappa shape index (κ1) is 21.7. The van der Waals surface area contributed by atoms with Gasteiger partial charge < -0.3 is 14.8 Å². The van der Waals surface area contributed by atoms with Crippen molar-refractivity contribution in [2.45, 2.75) is 33.4 Å². The number of nitrogens with zero attached hydrogens (tertiary/aromatic N) is 4. The second kappa shape index (κ2) is 8.66. The minimum atomic E-state index is -0.345. The molecule has 174 valence electrons. The van der Waals surface area contributed by atoms with Crippen LogP contribution in [0.1, 0.15) is 29.9 Å². The zero-order valence-electron chi connectivity index (χ0n) is 19.2. The Kier molecular flexibility index (Phi) is 5.53. The summed E-state index contributed by atoms with van der Waals surface area (Å²) in [5, 5.41) is 12.4. The highest BCUT2D eigenvalue weighted by atomic mass is 16.6. The lowest BCUT2D eigenvalue weighted by atomic mass is 10.1. The molecule has 1 aliphatic rings. The second-order valence-corrected chi connectivity index (χ2v) is 8.30. The van der Waals surface area contributed by atoms with Crippen molar-refractivity contribution < 1.29 is 14.3 Å². The van der Waals surface area contributed by atoms with Crippen LogP contribution < -0.4 is 20.3 Å². The summed E-state index contributed by atoms with van der Waals surface area (Å²) in [6, 6.07) is 14.9. The first-order valence-corrected chi connectivity index (χ1v) is 11.1. The van der Waals surface area contributed by atoms with Crippen LogP contribution in [-0.4, -0.2) is 38.7 Å². The molecule has 0 radical (unpaired) electrons. The molecule has 0 spiro atoms. The Morgan fingerprint density at radius 2 is 1.79 bits per heavy atom. The van der Waals surface area contributed by atoms with E-state index in [4.69, 9.17) is 9.47 Å². The van der Waals surface area contributed by atoms with Crippen LogP contribution in [0.5, 0.6) is 11.5 Å². The summed E-state index contributed by atoms with van der Waals surface area (Å²) in [6.07, 6.45) is 0. The Bertz CT molecular complexity index is 1440. The largest absolute Gasteiger partial charge is 0.486 e. The highest BCUT2D eigenvalue weighted by molar-refractivity contribution is 5.83. The Balaban J connectivity index is 1.39. The molecule has 1 atom stereocenters. The van der Waals surface area contributed by atoms with Crippen molar-refractivity contribution in [3.63, 3.8) is 0 Å². The number of hydrogen-bond donors (Lipinski definition) is 1. The molecule has 9 nitrogen and oxygen atoms in total. The molecule has 0 fully saturated rings. The number of carbonyl (C=O) groups excluding carboxylic acids is 1. The van der Waals surface area contributed by atoms with Gasteiger partial charge in [0.15, 0.2) is 11.5 Å². The predicted octanol–water partition coefficient (Wildman–Crippen LogP) is 2.85. The van der Waals surface area contributed by atoms with Gasteiger partial charge in [0, 0.05) is 0 Å². The molecule has 2 aromatic heterocycles. The Labute approximate surface area is 195 Å². The molecule has 5 rings (SSSR count). The molecule has 0 saturated heterocycles. The molecule has 0 bridgehead atoms. The van der Waals surface area contributed by atoms with Crippen molar-refractivity contribution in [1.29, 1.82) is 0 Å². The number of aryl methyl sites for hydroxylation is 2. The number of carbonyl (C=O) groups is 1. The zero-order valence-corrected chi connectivity index (χ0v) is 19.2. The summed E-state index contributed by atoms with van der Waals surface area (Å²) in [7, 11) is 0. The predicted molar refractivity (Wildman–Crippen MR) is 127 cm³/mol. The van der Waals surface area contributed by atoms with Crippen LogP contribution in [0.2, 0.25) is 0 Å². The maximum atomic E-state index is 13.2. The van der Waals surface area contributed by atoms with Crippen molar-refractivity contribution in [1.82, 2.24) is 24.9 Å². The molecule has 0 unspecified atom stereocenters. The molecule has 2 aromatic carbocycles. The van der Waals surface area contributed by atoms with E-state index in [9.17, 15) is 9.59 Å². The van der Waals surface area contributed by atoms with Gasteiger partial charge in [0.05, 0.1) is 28.5 Å². The van der Waals surface area contributed by atoms with Gasteiger partial charge in [0.25, 0.3) is 5.56 Å². The molecule has 1 aliphatic heterocycles. The third-order valence-electron chi connectivity index (χ3n) is 5.92. The van der Waals surface area contributed by atoms with Gasteiger partial charge in [-0.15, -0.1) is 0 Å². The molecule has 4 aromatic rings. The van der Waals surface area contributed by atoms with E-state index in [1.165, 1.54) is 4.68 Å². The average molecular weight is 460 g/mol. The van der Waals surface area contributed by atoms with Gasteiger partial charge >= 0.3 is 0 Å². The van der Waals surface area contributed by atoms with Crippen LogP contribution in [0.3, 0.4) is 0 Å². The van der Waals surface area contributed by atoms with E-state index in [2.05, 4.69) is 15.5 Å². The molecule has 34 heavy (non-hydrogen) atoms. The highest BCUT2D eigenvalue weighted by Crippen LogP contribution is 2.32. The number of hydrogen-bond acceptors (Lipinski definition) is 6. The third kappa shape index (κ3) is 3.89. The third-order valence-corrected chi connectivity index (χ3v) is 5.92. The highest BCUT2D eigenvalue weighted by Gasteiger charge is 2.20. The van der Waals surface area contributed by atoms with Gasteiger partial charge in [-0.25, -0.2) is 9.36 Å². The van der Waals surface area contributed by atoms with Gasteiger partial charge in [-0.1, -0.05) is 24.3 Å². The minimum absolute atomic E-state index is 0.194. The molecular formula is C25H25N5O4. The minimum Gasteiger partial charge on any atom is -0.486 e. The van der Waals surface area contributed by atoms with Crippen LogP contribution in [0.15, 0.2) is 53.3 Å². The second-order valence-electron chi connectivity index (χ2n) is 8.30. The number of amides is 1. The number of ether oxygens (including phenoxy) is 2. The lowest BCUT2D eigenvalue weighted by Crippen LogP contribution is -2.35. The van der Waals surface area contributed by atoms with Crippen LogP contribution >= 0.6 is 0 Å². The maximum Gasteiger partial charge on any atom is 0.278 e. The fourth-order valence-electron chi connectivity index (χ4n) is 4.18. The van der Waals surface area contributed by atoms with E-state index in [-0.39, 0.29) is 24.1 Å². The van der Waals surface area contributed by atoms with Gasteiger partial charge in [0.2, 0.25) is 5.91 Å². The first-order chi connectivity index (χ1) is 16.4. The fourth-order valence-corrected chi connectivity index (χ4v) is 4.18. The van der Waals surface area contributed by atoms with Gasteiger partial charge in [-0.3, -0.25) is 9.59 Å². The van der Waals surface area contributed by atoms with E-state index >= 15 is 0 Å². The topological polar surface area (TPSA) is 100 Å². The number of nitrogens with one attached hydrogen (secondary N) is 1. The Morgan fingerprint density at radius 1 is 1.06 bits per heavy atom. The van der Waals surface area contributed by atoms with Crippen molar-refractivity contribution in [3.05, 3.63) is 75.8 Å². The number of aromatic nitrogens is 4. The molecule has 0 aliphatic carbocycles. The SMILES string of the molecule is Cc1nn(CC(=O)N[C@@H](C)c2ccc3c(c2)OCCO3)c(=O)c2c(C)n(-c3ccccc3)nc12. The molecular weight excluding hydrogens is 434 g/mol. The summed E-state index contributed by atoms with van der Waals surface area (Å²) in [5.74, 6) is 1.04. The maximum absolute atomic E-state index is 13.2. The molecule has 1 amide bonds. The normalized spacial score (nSPS) is 13.6. The van der Waals surface area contributed by atoms with Gasteiger partial charge in [-0.2, -0.15) is 10.2 Å². The summed E-state index contributed by atoms with van der Waals surface area (Å²) in [4.78, 5) is 26.0. The monoisotopic (exact) mass is 459 g/mol. The van der Waals surface area contributed by atoms with Crippen molar-refractivity contribution in [3.8, 4) is 17.2 Å². The van der Waals surface area contributed by atoms with Gasteiger partial charge in [-0.05, 0) is 50.6 Å². The smallest absolute Gasteiger partial charge is 0.278 e. The number of fused-ring (bicyclic) bond motifs is 2. The molecule has 3 heterocycles. The first-order valence-electron chi connectivity index (χ1n) is 11.1. The van der Waals surface area contributed by atoms with E-state index < -0.39 is 0 Å². The summed E-state index contributed by atoms with van der Waals surface area (Å²) < 4.78 is 14.1. The van der Waals surface area contributed by atoms with E-state index in [1.54, 1.807) is 11.6 Å². The average Bonchev–Trinajstić information content (AvgIpc) is 3.20. The van der Waals surface area contributed by atoms with Crippen molar-refractivity contribution >= 4 is 16.8 Å². The number of benzene rings is 2. The van der Waals surface area contributed by atoms with Crippen LogP contribution in [0, 0.1) is 13.8 Å². The Hall–Kier alpha value is -4.14. The van der Waals surface area contributed by atoms with Gasteiger partial charge in [0.1, 0.15) is 25.3 Å². The van der Waals surface area contributed by atoms with Crippen LogP contribution in [-0.2, 0) is 11.3 Å². The summed E-state index contributed by atoms with van der Waals surface area (Å²) >= 11 is 0. The molecule has 0 saturated carbocycles. The number of para-hydroxylation sites is 1. The molecule has 9 heteroatoms. The van der Waals surface area contributed by atoms with Crippen LogP contribution in [0.4, 0.5) is 0 Å². The summed E-state index contributed by atoms with van der Waals surface area (Å²) in [6.45, 7) is 6.33. The van der Waals surface area contributed by atoms with E-state index in [0.717, 1.165) is 11.3 Å². The fraction of sp³-hybridized carbons (Fsp3) is 0.280. The Morgan fingerprint density at radius 3 is 2.56 bits per heavy atom. The van der Waals surface area contributed by atoms with Crippen molar-refractivity contribution in [2.75, 3.05) is 13.2 Å². The summed E-state index contributed by atoms with van der Waals surface area (Å²) in [5.41, 5.74) is 3.21.